The Balaban J connectivity index is 2.08. The third-order valence-corrected chi connectivity index (χ3v) is 5.04. The topological polar surface area (TPSA) is 71.0 Å². The molecule has 0 amide bonds. The van der Waals surface area contributed by atoms with Gasteiger partial charge in [-0.2, -0.15) is 0 Å². The fraction of sp³-hybridized carbons (Fsp3) is 0.136. The second-order valence-corrected chi connectivity index (χ2v) is 6.41. The molecule has 0 fully saturated rings. The Morgan fingerprint density at radius 3 is 2.29 bits per heavy atom. The predicted octanol–water partition coefficient (Wildman–Crippen LogP) is 4.87. The van der Waals surface area contributed by atoms with E-state index in [2.05, 4.69) is 0 Å². The summed E-state index contributed by atoms with van der Waals surface area (Å²) in [6, 6.07) is 10.8. The molecule has 0 atom stereocenters. The summed E-state index contributed by atoms with van der Waals surface area (Å²) in [7, 11) is 4.67. The summed E-state index contributed by atoms with van der Waals surface area (Å²) in [6.45, 7) is 0. The lowest BCUT2D eigenvalue weighted by molar-refractivity contribution is 0.396. The quantitative estimate of drug-likeness (QED) is 0.330. The van der Waals surface area contributed by atoms with E-state index in [4.69, 9.17) is 23.0 Å². The van der Waals surface area contributed by atoms with Gasteiger partial charge in [0.1, 0.15) is 44.8 Å². The van der Waals surface area contributed by atoms with Crippen molar-refractivity contribution in [3.63, 3.8) is 0 Å². The third-order valence-electron chi connectivity index (χ3n) is 5.04. The Bertz CT molecular complexity index is 1440. The Hall–Kier alpha value is -3.67. The van der Waals surface area contributed by atoms with Gasteiger partial charge in [0.15, 0.2) is 0 Å². The number of hydrogen-bond acceptors (Lipinski definition) is 6. The average molecular weight is 376 g/mol. The zero-order valence-corrected chi connectivity index (χ0v) is 15.5. The first-order valence-corrected chi connectivity index (χ1v) is 8.65. The molecule has 6 heteroatoms. The fourth-order valence-corrected chi connectivity index (χ4v) is 3.72. The maximum atomic E-state index is 13.5. The van der Waals surface area contributed by atoms with Gasteiger partial charge >= 0.3 is 0 Å². The molecule has 0 aliphatic heterocycles. The Morgan fingerprint density at radius 2 is 1.54 bits per heavy atom. The minimum absolute atomic E-state index is 0.214. The van der Waals surface area contributed by atoms with Gasteiger partial charge in [-0.15, -0.1) is 0 Å². The van der Waals surface area contributed by atoms with Gasteiger partial charge in [-0.05, 0) is 24.3 Å². The van der Waals surface area contributed by atoms with Gasteiger partial charge in [-0.3, -0.25) is 4.79 Å². The number of benzene rings is 3. The van der Waals surface area contributed by atoms with E-state index >= 15 is 0 Å². The first-order chi connectivity index (χ1) is 13.7. The van der Waals surface area contributed by atoms with Crippen LogP contribution in [0.1, 0.15) is 0 Å². The Morgan fingerprint density at radius 1 is 0.750 bits per heavy atom. The van der Waals surface area contributed by atoms with E-state index in [1.165, 1.54) is 7.11 Å². The van der Waals surface area contributed by atoms with Gasteiger partial charge in [0.05, 0.1) is 27.6 Å². The summed E-state index contributed by atoms with van der Waals surface area (Å²) < 4.78 is 28.0. The summed E-state index contributed by atoms with van der Waals surface area (Å²) in [5.74, 6) is 1.64. The molecule has 2 aromatic heterocycles. The molecule has 140 valence electrons. The number of rotatable bonds is 3. The molecule has 5 rings (SSSR count). The van der Waals surface area contributed by atoms with E-state index in [9.17, 15) is 4.79 Å². The maximum Gasteiger partial charge on any atom is 0.208 e. The van der Waals surface area contributed by atoms with Crippen LogP contribution in [-0.2, 0) is 0 Å². The van der Waals surface area contributed by atoms with Crippen molar-refractivity contribution in [1.82, 2.24) is 0 Å². The summed E-state index contributed by atoms with van der Waals surface area (Å²) in [5, 5.41) is 3.23. The Labute approximate surface area is 158 Å². The molecule has 0 N–H and O–H groups in total. The maximum absolute atomic E-state index is 13.5. The molecule has 0 aliphatic carbocycles. The van der Waals surface area contributed by atoms with Crippen molar-refractivity contribution in [2.24, 2.45) is 0 Å². The molecule has 0 spiro atoms. The molecule has 2 heterocycles. The van der Waals surface area contributed by atoms with E-state index in [0.29, 0.717) is 44.8 Å². The molecule has 0 saturated carbocycles. The Kier molecular flexibility index (Phi) is 3.49. The minimum atomic E-state index is -0.214. The minimum Gasteiger partial charge on any atom is -0.497 e. The third kappa shape index (κ3) is 2.11. The van der Waals surface area contributed by atoms with Gasteiger partial charge in [0.25, 0.3) is 0 Å². The number of methoxy groups -OCH3 is 3. The molecule has 0 aliphatic rings. The molecule has 0 bridgehead atoms. The van der Waals surface area contributed by atoms with Crippen LogP contribution in [0.3, 0.4) is 0 Å². The first-order valence-electron chi connectivity index (χ1n) is 8.65. The van der Waals surface area contributed by atoms with Crippen molar-refractivity contribution < 1.29 is 23.0 Å². The second kappa shape index (κ2) is 5.92. The lowest BCUT2D eigenvalue weighted by atomic mass is 10.0. The average Bonchev–Trinajstić information content (AvgIpc) is 3.22. The highest BCUT2D eigenvalue weighted by Gasteiger charge is 2.21. The highest BCUT2D eigenvalue weighted by molar-refractivity contribution is 6.23. The first kappa shape index (κ1) is 16.5. The van der Waals surface area contributed by atoms with Crippen LogP contribution in [0.5, 0.6) is 17.2 Å². The zero-order chi connectivity index (χ0) is 19.4. The van der Waals surface area contributed by atoms with Crippen LogP contribution in [0.2, 0.25) is 0 Å². The highest BCUT2D eigenvalue weighted by atomic mass is 16.5. The summed E-state index contributed by atoms with van der Waals surface area (Å²) in [6.07, 6.45) is 1.57. The number of ether oxygens (including phenoxy) is 3. The van der Waals surface area contributed by atoms with Crippen molar-refractivity contribution in [1.29, 1.82) is 0 Å². The highest BCUT2D eigenvalue weighted by Crippen LogP contribution is 2.39. The van der Waals surface area contributed by atoms with Crippen molar-refractivity contribution in [2.45, 2.75) is 0 Å². The van der Waals surface area contributed by atoms with Crippen LogP contribution in [0, 0.1) is 0 Å². The molecular formula is C22H16O6. The zero-order valence-electron chi connectivity index (χ0n) is 15.5. The lowest BCUT2D eigenvalue weighted by Crippen LogP contribution is -2.05. The van der Waals surface area contributed by atoms with Crippen LogP contribution in [0.15, 0.2) is 56.3 Å². The summed E-state index contributed by atoms with van der Waals surface area (Å²) in [5.41, 5.74) is 1.10. The van der Waals surface area contributed by atoms with E-state index in [0.717, 1.165) is 16.2 Å². The van der Waals surface area contributed by atoms with Gasteiger partial charge < -0.3 is 23.0 Å². The largest absolute Gasteiger partial charge is 0.497 e. The standard InChI is InChI=1S/C22H16O6/c1-24-11-4-5-13-15(8-11)14-6-7-27-21(14)19-20(23)18-16(26-3)9-12(25-2)10-17(18)28-22(13)19/h4-10H,1-3H3. The van der Waals surface area contributed by atoms with E-state index in [1.807, 2.05) is 24.3 Å². The second-order valence-electron chi connectivity index (χ2n) is 6.41. The molecule has 28 heavy (non-hydrogen) atoms. The summed E-state index contributed by atoms with van der Waals surface area (Å²) in [4.78, 5) is 13.5. The van der Waals surface area contributed by atoms with E-state index in [1.54, 1.807) is 32.6 Å². The van der Waals surface area contributed by atoms with Gasteiger partial charge in [-0.25, -0.2) is 0 Å². The van der Waals surface area contributed by atoms with Crippen LogP contribution in [0.25, 0.3) is 43.7 Å². The normalized spacial score (nSPS) is 11.5. The van der Waals surface area contributed by atoms with Gasteiger partial charge in [0, 0.05) is 28.3 Å². The number of hydrogen-bond donors (Lipinski definition) is 0. The summed E-state index contributed by atoms with van der Waals surface area (Å²) >= 11 is 0. The van der Waals surface area contributed by atoms with Crippen LogP contribution < -0.4 is 19.6 Å². The van der Waals surface area contributed by atoms with E-state index in [-0.39, 0.29) is 5.43 Å². The number of furan rings is 1. The molecular weight excluding hydrogens is 360 g/mol. The van der Waals surface area contributed by atoms with Crippen LogP contribution in [-0.4, -0.2) is 21.3 Å². The lowest BCUT2D eigenvalue weighted by Gasteiger charge is -2.11. The number of fused-ring (bicyclic) bond motifs is 7. The molecule has 0 saturated heterocycles. The fourth-order valence-electron chi connectivity index (χ4n) is 3.72. The molecule has 3 aromatic carbocycles. The monoisotopic (exact) mass is 376 g/mol. The predicted molar refractivity (Wildman–Crippen MR) is 107 cm³/mol. The SMILES string of the molecule is COc1cc(OC)c2c(=O)c3c4occc4c4cc(OC)ccc4c3oc2c1. The smallest absolute Gasteiger partial charge is 0.208 e. The molecule has 0 unspecified atom stereocenters. The molecule has 6 nitrogen and oxygen atoms in total. The van der Waals surface area contributed by atoms with Gasteiger partial charge in [-0.1, -0.05) is 0 Å². The van der Waals surface area contributed by atoms with Crippen molar-refractivity contribution in [3.05, 3.63) is 52.9 Å². The van der Waals surface area contributed by atoms with Crippen molar-refractivity contribution >= 4 is 43.7 Å². The van der Waals surface area contributed by atoms with E-state index < -0.39 is 0 Å². The molecule has 0 radical (unpaired) electrons. The van der Waals surface area contributed by atoms with Gasteiger partial charge in [0.2, 0.25) is 5.43 Å². The molecule has 5 aromatic rings. The van der Waals surface area contributed by atoms with Crippen LogP contribution >= 0.6 is 0 Å². The van der Waals surface area contributed by atoms with Crippen molar-refractivity contribution in [2.75, 3.05) is 21.3 Å². The van der Waals surface area contributed by atoms with Crippen molar-refractivity contribution in [3.8, 4) is 17.2 Å². The van der Waals surface area contributed by atoms with Crippen LogP contribution in [0.4, 0.5) is 0 Å².